The first-order valence-electron chi connectivity index (χ1n) is 6.39. The zero-order chi connectivity index (χ0) is 15.3. The molecule has 3 N–H and O–H groups in total. The molecule has 0 saturated carbocycles. The van der Waals surface area contributed by atoms with Crippen LogP contribution in [0, 0.1) is 5.92 Å². The monoisotopic (exact) mass is 318 g/mol. The van der Waals surface area contributed by atoms with Crippen LogP contribution in [0.1, 0.15) is 37.0 Å². The highest BCUT2D eigenvalue weighted by molar-refractivity contribution is 7.89. The minimum absolute atomic E-state index is 0.157. The zero-order valence-corrected chi connectivity index (χ0v) is 13.1. The predicted octanol–water partition coefficient (Wildman–Crippen LogP) is 2.15. The molecule has 0 unspecified atom stereocenters. The maximum absolute atomic E-state index is 12.0. The Morgan fingerprint density at radius 3 is 2.40 bits per heavy atom. The number of nitrogens with two attached hydrogens (primary N) is 1. The Labute approximate surface area is 124 Å². The van der Waals surface area contributed by atoms with E-state index < -0.39 is 10.0 Å². The maximum atomic E-state index is 12.0. The van der Waals surface area contributed by atoms with E-state index in [1.165, 1.54) is 18.2 Å². The lowest BCUT2D eigenvalue weighted by molar-refractivity contribution is 0.0946. The molecule has 7 heteroatoms. The summed E-state index contributed by atoms with van der Waals surface area (Å²) in [6.45, 7) is 4.65. The van der Waals surface area contributed by atoms with Crippen molar-refractivity contribution in [2.75, 3.05) is 6.54 Å². The first-order valence-corrected chi connectivity index (χ1v) is 8.32. The summed E-state index contributed by atoms with van der Waals surface area (Å²) in [5.41, 5.74) is 0.187. The highest BCUT2D eigenvalue weighted by atomic mass is 35.5. The van der Waals surface area contributed by atoms with Crippen LogP contribution in [-0.2, 0) is 10.0 Å². The van der Waals surface area contributed by atoms with Gasteiger partial charge in [-0.25, -0.2) is 13.6 Å². The van der Waals surface area contributed by atoms with E-state index >= 15 is 0 Å². The Kier molecular flexibility index (Phi) is 5.98. The van der Waals surface area contributed by atoms with Crippen molar-refractivity contribution in [2.24, 2.45) is 11.1 Å². The summed E-state index contributed by atoms with van der Waals surface area (Å²) >= 11 is 5.82. The number of benzene rings is 1. The van der Waals surface area contributed by atoms with Crippen LogP contribution < -0.4 is 10.5 Å². The van der Waals surface area contributed by atoms with Crippen molar-refractivity contribution in [3.8, 4) is 0 Å². The number of amides is 1. The third kappa shape index (κ3) is 4.77. The maximum Gasteiger partial charge on any atom is 0.251 e. The molecule has 0 aromatic heterocycles. The largest absolute Gasteiger partial charge is 0.352 e. The lowest BCUT2D eigenvalue weighted by Crippen LogP contribution is -2.29. The van der Waals surface area contributed by atoms with Crippen LogP contribution in [0.15, 0.2) is 23.1 Å². The number of carbonyl (C=O) groups excluding carboxylic acids is 1. The van der Waals surface area contributed by atoms with Gasteiger partial charge in [-0.1, -0.05) is 38.3 Å². The van der Waals surface area contributed by atoms with E-state index in [1.807, 2.05) is 0 Å². The number of sulfonamides is 1. The van der Waals surface area contributed by atoms with E-state index in [0.29, 0.717) is 12.5 Å². The van der Waals surface area contributed by atoms with Crippen molar-refractivity contribution in [3.05, 3.63) is 28.8 Å². The van der Waals surface area contributed by atoms with Gasteiger partial charge in [-0.15, -0.1) is 0 Å². The minimum atomic E-state index is -3.89. The summed E-state index contributed by atoms with van der Waals surface area (Å²) in [7, 11) is -3.89. The summed E-state index contributed by atoms with van der Waals surface area (Å²) in [4.78, 5) is 11.8. The van der Waals surface area contributed by atoms with Crippen molar-refractivity contribution in [1.29, 1.82) is 0 Å². The van der Waals surface area contributed by atoms with Gasteiger partial charge in [0.2, 0.25) is 10.0 Å². The summed E-state index contributed by atoms with van der Waals surface area (Å²) in [5.74, 6) is 0.0418. The van der Waals surface area contributed by atoms with Crippen LogP contribution in [-0.4, -0.2) is 20.9 Å². The third-order valence-electron chi connectivity index (χ3n) is 3.17. The second-order valence-corrected chi connectivity index (χ2v) is 6.61. The quantitative estimate of drug-likeness (QED) is 0.842. The Bertz CT molecular complexity index is 583. The molecular formula is C13H19ClN2O3S. The number of hydrogen-bond donors (Lipinski definition) is 2. The molecule has 0 aliphatic carbocycles. The van der Waals surface area contributed by atoms with Crippen molar-refractivity contribution >= 4 is 27.5 Å². The lowest BCUT2D eigenvalue weighted by atomic mass is 10.0. The van der Waals surface area contributed by atoms with Gasteiger partial charge in [0, 0.05) is 17.1 Å². The fraction of sp³-hybridized carbons (Fsp3) is 0.462. The van der Waals surface area contributed by atoms with Crippen LogP contribution >= 0.6 is 11.6 Å². The van der Waals surface area contributed by atoms with Gasteiger partial charge < -0.3 is 5.32 Å². The van der Waals surface area contributed by atoms with E-state index in [1.54, 1.807) is 0 Å². The van der Waals surface area contributed by atoms with Gasteiger partial charge >= 0.3 is 0 Å². The molecule has 0 heterocycles. The fourth-order valence-corrected chi connectivity index (χ4v) is 2.66. The molecule has 1 rings (SSSR count). The Balaban J connectivity index is 2.91. The molecule has 1 amide bonds. The molecule has 112 valence electrons. The highest BCUT2D eigenvalue weighted by Gasteiger charge is 2.15. The van der Waals surface area contributed by atoms with Gasteiger partial charge in [0.25, 0.3) is 5.91 Å². The van der Waals surface area contributed by atoms with Gasteiger partial charge in [0.1, 0.15) is 0 Å². The van der Waals surface area contributed by atoms with Crippen molar-refractivity contribution < 1.29 is 13.2 Å². The Morgan fingerprint density at radius 2 is 1.90 bits per heavy atom. The first kappa shape index (κ1) is 16.9. The van der Waals surface area contributed by atoms with Gasteiger partial charge in [0.15, 0.2) is 0 Å². The molecule has 1 aromatic rings. The van der Waals surface area contributed by atoms with Crippen LogP contribution in [0.4, 0.5) is 0 Å². The third-order valence-corrected chi connectivity index (χ3v) is 4.28. The van der Waals surface area contributed by atoms with Gasteiger partial charge in [-0.2, -0.15) is 0 Å². The van der Waals surface area contributed by atoms with Gasteiger partial charge in [-0.3, -0.25) is 4.79 Å². The molecule has 0 saturated heterocycles. The molecule has 0 spiro atoms. The van der Waals surface area contributed by atoms with E-state index in [4.69, 9.17) is 16.7 Å². The number of rotatable bonds is 6. The summed E-state index contributed by atoms with van der Waals surface area (Å²) in [6.07, 6.45) is 1.93. The van der Waals surface area contributed by atoms with Crippen LogP contribution in [0.5, 0.6) is 0 Å². The molecule has 0 radical (unpaired) electrons. The summed E-state index contributed by atoms with van der Waals surface area (Å²) in [6, 6.07) is 3.86. The smallest absolute Gasteiger partial charge is 0.251 e. The average molecular weight is 319 g/mol. The molecule has 0 atom stereocenters. The molecule has 0 bridgehead atoms. The number of halogens is 1. The second-order valence-electron chi connectivity index (χ2n) is 4.61. The van der Waals surface area contributed by atoms with E-state index in [9.17, 15) is 13.2 Å². The normalized spacial score (nSPS) is 11.7. The van der Waals surface area contributed by atoms with Crippen LogP contribution in [0.25, 0.3) is 0 Å². The number of primary sulfonamides is 1. The molecular weight excluding hydrogens is 300 g/mol. The SMILES string of the molecule is CCC(CC)CNC(=O)c1cc(Cl)cc(S(N)(=O)=O)c1. The Morgan fingerprint density at radius 1 is 1.30 bits per heavy atom. The van der Waals surface area contributed by atoms with Crippen molar-refractivity contribution in [1.82, 2.24) is 5.32 Å². The topological polar surface area (TPSA) is 89.3 Å². The number of carbonyl (C=O) groups is 1. The molecule has 0 fully saturated rings. The van der Waals surface area contributed by atoms with Crippen LogP contribution in [0.2, 0.25) is 5.02 Å². The summed E-state index contributed by atoms with van der Waals surface area (Å²) < 4.78 is 22.6. The molecule has 0 aliphatic rings. The molecule has 1 aromatic carbocycles. The highest BCUT2D eigenvalue weighted by Crippen LogP contribution is 2.18. The number of hydrogen-bond acceptors (Lipinski definition) is 3. The first-order chi connectivity index (χ1) is 9.27. The molecule has 0 aliphatic heterocycles. The van der Waals surface area contributed by atoms with Crippen molar-refractivity contribution in [3.63, 3.8) is 0 Å². The van der Waals surface area contributed by atoms with E-state index in [0.717, 1.165) is 12.8 Å². The fourth-order valence-electron chi connectivity index (χ4n) is 1.77. The standard InChI is InChI=1S/C13H19ClN2O3S/c1-3-9(4-2)8-16-13(17)10-5-11(14)7-12(6-10)20(15,18)19/h5-7,9H,3-4,8H2,1-2H3,(H,16,17)(H2,15,18,19). The van der Waals surface area contributed by atoms with Gasteiger partial charge in [-0.05, 0) is 24.1 Å². The average Bonchev–Trinajstić information content (AvgIpc) is 2.38. The second kappa shape index (κ2) is 7.06. The van der Waals surface area contributed by atoms with E-state index in [2.05, 4.69) is 19.2 Å². The minimum Gasteiger partial charge on any atom is -0.352 e. The van der Waals surface area contributed by atoms with Gasteiger partial charge in [0.05, 0.1) is 4.90 Å². The lowest BCUT2D eigenvalue weighted by Gasteiger charge is -2.13. The Hall–Kier alpha value is -1.11. The molecule has 5 nitrogen and oxygen atoms in total. The molecule has 20 heavy (non-hydrogen) atoms. The number of nitrogens with one attached hydrogen (secondary N) is 1. The summed E-state index contributed by atoms with van der Waals surface area (Å²) in [5, 5.41) is 7.97. The van der Waals surface area contributed by atoms with E-state index in [-0.39, 0.29) is 21.4 Å². The predicted molar refractivity (Wildman–Crippen MR) is 79.2 cm³/mol. The van der Waals surface area contributed by atoms with Crippen LogP contribution in [0.3, 0.4) is 0 Å². The van der Waals surface area contributed by atoms with Crippen molar-refractivity contribution in [2.45, 2.75) is 31.6 Å². The zero-order valence-electron chi connectivity index (χ0n) is 11.5.